The van der Waals surface area contributed by atoms with Gasteiger partial charge in [-0.2, -0.15) is 0 Å². The molecule has 0 saturated carbocycles. The minimum absolute atomic E-state index is 0.0197. The molecule has 4 nitrogen and oxygen atoms in total. The Morgan fingerprint density at radius 2 is 1.30 bits per heavy atom. The lowest BCUT2D eigenvalue weighted by molar-refractivity contribution is -0.148. The number of esters is 2. The van der Waals surface area contributed by atoms with Crippen molar-refractivity contribution in [3.8, 4) is 0 Å². The van der Waals surface area contributed by atoms with E-state index >= 15 is 0 Å². The molecule has 1 aromatic rings. The van der Waals surface area contributed by atoms with Crippen LogP contribution in [0.5, 0.6) is 0 Å². The highest BCUT2D eigenvalue weighted by molar-refractivity contribution is 5.72. The van der Waals surface area contributed by atoms with Gasteiger partial charge in [0.2, 0.25) is 0 Å². The highest BCUT2D eigenvalue weighted by Gasteiger charge is 2.07. The van der Waals surface area contributed by atoms with Crippen LogP contribution in [0.1, 0.15) is 53.5 Å². The van der Waals surface area contributed by atoms with Crippen LogP contribution in [0.2, 0.25) is 0 Å². The van der Waals surface area contributed by atoms with Crippen LogP contribution in [0, 0.1) is 5.92 Å². The van der Waals surface area contributed by atoms with E-state index in [4.69, 9.17) is 9.47 Å². The summed E-state index contributed by atoms with van der Waals surface area (Å²) in [5.41, 5.74) is 0.994. The summed E-state index contributed by atoms with van der Waals surface area (Å²) in [5, 5.41) is 0. The summed E-state index contributed by atoms with van der Waals surface area (Å²) in [7, 11) is 0. The minimum Gasteiger partial charge on any atom is -0.463 e. The summed E-state index contributed by atoms with van der Waals surface area (Å²) >= 11 is 0. The van der Waals surface area contributed by atoms with E-state index in [1.54, 1.807) is 0 Å². The van der Waals surface area contributed by atoms with Crippen LogP contribution in [0.15, 0.2) is 30.3 Å². The number of hydrogen-bond acceptors (Lipinski definition) is 4. The van der Waals surface area contributed by atoms with Crippen molar-refractivity contribution in [3.63, 3.8) is 0 Å². The molecule has 0 aliphatic heterocycles. The highest BCUT2D eigenvalue weighted by atomic mass is 16.5. The van der Waals surface area contributed by atoms with E-state index in [9.17, 15) is 9.59 Å². The molecule has 0 spiro atoms. The third kappa shape index (κ3) is 13.5. The molecule has 4 heteroatoms. The average Bonchev–Trinajstić information content (AvgIpc) is 2.37. The molecule has 0 bridgehead atoms. The zero-order chi connectivity index (χ0) is 17.8. The number of hydrogen-bond donors (Lipinski definition) is 0. The maximum Gasteiger partial charge on any atom is 0.310 e. The number of carbonyl (C=O) groups is 2. The Kier molecular flexibility index (Phi) is 10.8. The van der Waals surface area contributed by atoms with Crippen LogP contribution < -0.4 is 0 Å². The summed E-state index contributed by atoms with van der Waals surface area (Å²) in [6, 6.07) is 9.59. The van der Waals surface area contributed by atoms with E-state index < -0.39 is 0 Å². The topological polar surface area (TPSA) is 52.6 Å². The minimum atomic E-state index is -0.166. The van der Waals surface area contributed by atoms with Crippen molar-refractivity contribution in [1.29, 1.82) is 0 Å². The monoisotopic (exact) mass is 322 g/mol. The Balaban J connectivity index is 0.000000438. The smallest absolute Gasteiger partial charge is 0.310 e. The van der Waals surface area contributed by atoms with Gasteiger partial charge in [-0.3, -0.25) is 9.59 Å². The van der Waals surface area contributed by atoms with Gasteiger partial charge in [0.15, 0.2) is 0 Å². The fraction of sp³-hybridized carbons (Fsp3) is 0.579. The normalized spacial score (nSPS) is 10.3. The summed E-state index contributed by atoms with van der Waals surface area (Å²) in [5.74, 6) is 0.137. The molecule has 0 N–H and O–H groups in total. The van der Waals surface area contributed by atoms with Crippen molar-refractivity contribution in [2.24, 2.45) is 5.92 Å². The van der Waals surface area contributed by atoms with Gasteiger partial charge in [-0.05, 0) is 39.2 Å². The zero-order valence-corrected chi connectivity index (χ0v) is 15.2. The maximum atomic E-state index is 11.2. The number of carbonyl (C=O) groups excluding carboxylic acids is 2. The summed E-state index contributed by atoms with van der Waals surface area (Å²) < 4.78 is 9.94. The predicted octanol–water partition coefficient (Wildman–Crippen LogP) is 4.16. The number of rotatable bonds is 6. The van der Waals surface area contributed by atoms with Crippen molar-refractivity contribution in [1.82, 2.24) is 0 Å². The quantitative estimate of drug-likeness (QED) is 0.738. The molecule has 0 aliphatic rings. The van der Waals surface area contributed by atoms with Gasteiger partial charge in [0.05, 0.1) is 18.6 Å². The maximum absolute atomic E-state index is 11.2. The van der Waals surface area contributed by atoms with Gasteiger partial charge in [0.1, 0.15) is 0 Å². The number of ether oxygens (including phenoxy) is 2. The lowest BCUT2D eigenvalue weighted by Crippen LogP contribution is -2.13. The first-order valence-electron chi connectivity index (χ1n) is 8.13. The fourth-order valence-electron chi connectivity index (χ4n) is 1.71. The molecule has 130 valence electrons. The van der Waals surface area contributed by atoms with Gasteiger partial charge < -0.3 is 9.47 Å². The van der Waals surface area contributed by atoms with Gasteiger partial charge in [-0.25, -0.2) is 0 Å². The summed E-state index contributed by atoms with van der Waals surface area (Å²) in [6.45, 7) is 11.4. The second-order valence-electron chi connectivity index (χ2n) is 6.34. The van der Waals surface area contributed by atoms with E-state index in [0.717, 1.165) is 5.56 Å². The van der Waals surface area contributed by atoms with E-state index in [-0.39, 0.29) is 24.1 Å². The average molecular weight is 322 g/mol. The van der Waals surface area contributed by atoms with Crippen LogP contribution in [0.25, 0.3) is 0 Å². The van der Waals surface area contributed by atoms with E-state index in [1.165, 1.54) is 0 Å². The molecule has 1 rings (SSSR count). The lowest BCUT2D eigenvalue weighted by atomic mass is 10.1. The van der Waals surface area contributed by atoms with Crippen molar-refractivity contribution in [2.75, 3.05) is 0 Å². The van der Waals surface area contributed by atoms with E-state index in [1.807, 2.05) is 71.9 Å². The molecule has 0 fully saturated rings. The summed E-state index contributed by atoms with van der Waals surface area (Å²) in [6.07, 6.45) is 0.875. The molecule has 0 aliphatic carbocycles. The van der Waals surface area contributed by atoms with Gasteiger partial charge in [-0.15, -0.1) is 0 Å². The van der Waals surface area contributed by atoms with Gasteiger partial charge in [0.25, 0.3) is 0 Å². The third-order valence-electron chi connectivity index (χ3n) is 2.50. The van der Waals surface area contributed by atoms with Gasteiger partial charge in [-0.1, -0.05) is 44.2 Å². The molecule has 0 heterocycles. The molecule has 0 radical (unpaired) electrons. The van der Waals surface area contributed by atoms with E-state index in [0.29, 0.717) is 18.8 Å². The molecule has 0 aromatic heterocycles. The van der Waals surface area contributed by atoms with Gasteiger partial charge in [0, 0.05) is 6.42 Å². The standard InChI is InChI=1S/C11H14O2.C8H16O2/c1-9(2)13-11(12)8-10-6-4-3-5-7-10;1-6(2)5-8(9)10-7(3)4/h3-7,9H,8H2,1-2H3;6-7H,5H2,1-4H3. The first kappa shape index (κ1) is 21.2. The van der Waals surface area contributed by atoms with Gasteiger partial charge >= 0.3 is 11.9 Å². The SMILES string of the molecule is CC(C)CC(=O)OC(C)C.CC(C)OC(=O)Cc1ccccc1. The predicted molar refractivity (Wildman–Crippen MR) is 92.1 cm³/mol. The molecule has 0 amide bonds. The van der Waals surface area contributed by atoms with Crippen molar-refractivity contribution < 1.29 is 19.1 Å². The Morgan fingerprint density at radius 3 is 1.74 bits per heavy atom. The molecule has 23 heavy (non-hydrogen) atoms. The van der Waals surface area contributed by atoms with E-state index in [2.05, 4.69) is 0 Å². The van der Waals surface area contributed by atoms with Crippen LogP contribution in [-0.4, -0.2) is 24.1 Å². The molecule has 0 unspecified atom stereocenters. The largest absolute Gasteiger partial charge is 0.463 e. The molecular formula is C19H30O4. The highest BCUT2D eigenvalue weighted by Crippen LogP contribution is 2.03. The van der Waals surface area contributed by atoms with Crippen LogP contribution in [0.4, 0.5) is 0 Å². The van der Waals surface area contributed by atoms with Crippen molar-refractivity contribution >= 4 is 11.9 Å². The van der Waals surface area contributed by atoms with Crippen LogP contribution in [-0.2, 0) is 25.5 Å². The Morgan fingerprint density at radius 1 is 0.826 bits per heavy atom. The third-order valence-corrected chi connectivity index (χ3v) is 2.50. The fourth-order valence-corrected chi connectivity index (χ4v) is 1.71. The van der Waals surface area contributed by atoms with Crippen LogP contribution >= 0.6 is 0 Å². The molecule has 1 aromatic carbocycles. The summed E-state index contributed by atoms with van der Waals surface area (Å²) in [4.78, 5) is 22.0. The van der Waals surface area contributed by atoms with Crippen molar-refractivity contribution in [3.05, 3.63) is 35.9 Å². The lowest BCUT2D eigenvalue weighted by Gasteiger charge is -2.08. The Bertz CT molecular complexity index is 438. The Hall–Kier alpha value is -1.84. The molecule has 0 saturated heterocycles. The van der Waals surface area contributed by atoms with Crippen molar-refractivity contribution in [2.45, 2.75) is 66.6 Å². The second-order valence-corrected chi connectivity index (χ2v) is 6.34. The zero-order valence-electron chi connectivity index (χ0n) is 15.2. The second kappa shape index (κ2) is 11.7. The molecule has 0 atom stereocenters. The van der Waals surface area contributed by atoms with Crippen LogP contribution in [0.3, 0.4) is 0 Å². The Labute approximate surface area is 140 Å². The number of benzene rings is 1. The first-order valence-corrected chi connectivity index (χ1v) is 8.13. The molecular weight excluding hydrogens is 292 g/mol. The first-order chi connectivity index (χ1) is 10.7.